The zero-order chi connectivity index (χ0) is 21.0. The summed E-state index contributed by atoms with van der Waals surface area (Å²) in [7, 11) is 0. The smallest absolute Gasteiger partial charge is 0.330 e. The molecule has 0 amide bonds. The van der Waals surface area contributed by atoms with E-state index in [-0.39, 0.29) is 24.4 Å². The average Bonchev–Trinajstić information content (AvgIpc) is 2.57. The molecule has 0 aliphatic carbocycles. The lowest BCUT2D eigenvalue weighted by molar-refractivity contribution is -0.133. The number of hydrogen-bond donors (Lipinski definition) is 5. The highest BCUT2D eigenvalue weighted by Crippen LogP contribution is 1.82. The topological polar surface area (TPSA) is 139 Å². The van der Waals surface area contributed by atoms with Gasteiger partial charge in [0.2, 0.25) is 0 Å². The van der Waals surface area contributed by atoms with E-state index in [1.807, 2.05) is 0 Å². The molecular formula is C17H35NO7. The molecule has 0 unspecified atom stereocenters. The normalized spacial score (nSPS) is 8.88. The SMILES string of the molecule is C=C(C)C(=O)O.C=C(C)C(=O)O.CCN(CC)CC.OCC(O)CO. The third kappa shape index (κ3) is 34.6. The van der Waals surface area contributed by atoms with Crippen LogP contribution in [0.1, 0.15) is 34.6 Å². The second-order valence-electron chi connectivity index (χ2n) is 4.81. The maximum atomic E-state index is 9.60. The standard InChI is InChI=1S/C6H15N.2C4H6O2.C3H8O3/c1-4-7(5-2)6-3;2*1-3(2)4(5)6;4-1-3(6)2-5/h4-6H2,1-3H3;2*1H2,2H3,(H,5,6);3-6H,1-2H2. The fourth-order valence-corrected chi connectivity index (χ4v) is 0.729. The van der Waals surface area contributed by atoms with E-state index >= 15 is 0 Å². The van der Waals surface area contributed by atoms with Crippen molar-refractivity contribution in [3.63, 3.8) is 0 Å². The minimum absolute atomic E-state index is 0.176. The molecule has 0 aromatic heterocycles. The molecule has 0 rings (SSSR count). The van der Waals surface area contributed by atoms with Gasteiger partial charge in [-0.1, -0.05) is 33.9 Å². The first-order valence-corrected chi connectivity index (χ1v) is 7.84. The van der Waals surface area contributed by atoms with Gasteiger partial charge in [0.05, 0.1) is 13.2 Å². The summed E-state index contributed by atoms with van der Waals surface area (Å²) in [4.78, 5) is 21.6. The van der Waals surface area contributed by atoms with Crippen molar-refractivity contribution < 1.29 is 35.1 Å². The molecule has 8 nitrogen and oxygen atoms in total. The lowest BCUT2D eigenvalue weighted by atomic mass is 10.4. The molecule has 5 N–H and O–H groups in total. The predicted molar refractivity (Wildman–Crippen MR) is 98.5 cm³/mol. The minimum atomic E-state index is -0.954. The Morgan fingerprint density at radius 3 is 1.04 bits per heavy atom. The number of hydrogen-bond acceptors (Lipinski definition) is 6. The Bertz CT molecular complexity index is 308. The molecular weight excluding hydrogens is 330 g/mol. The minimum Gasteiger partial charge on any atom is -0.478 e. The number of nitrogens with zero attached hydrogens (tertiary/aromatic N) is 1. The molecule has 8 heteroatoms. The summed E-state index contributed by atoms with van der Waals surface area (Å²) in [6.07, 6.45) is -0.954. The van der Waals surface area contributed by atoms with E-state index in [1.54, 1.807) is 0 Å². The molecule has 0 aliphatic rings. The molecule has 0 saturated carbocycles. The maximum absolute atomic E-state index is 9.60. The Morgan fingerprint density at radius 2 is 1.04 bits per heavy atom. The van der Waals surface area contributed by atoms with Gasteiger partial charge in [-0.25, -0.2) is 9.59 Å². The van der Waals surface area contributed by atoms with Crippen molar-refractivity contribution in [3.8, 4) is 0 Å². The van der Waals surface area contributed by atoms with E-state index in [4.69, 9.17) is 25.5 Å². The van der Waals surface area contributed by atoms with E-state index in [1.165, 1.54) is 33.5 Å². The fourth-order valence-electron chi connectivity index (χ4n) is 0.729. The van der Waals surface area contributed by atoms with Crippen LogP contribution in [0.5, 0.6) is 0 Å². The van der Waals surface area contributed by atoms with Crippen LogP contribution in [-0.2, 0) is 9.59 Å². The first kappa shape index (κ1) is 31.1. The number of aliphatic hydroxyl groups is 3. The lowest BCUT2D eigenvalue weighted by Gasteiger charge is -2.13. The molecule has 0 atom stereocenters. The fraction of sp³-hybridized carbons (Fsp3) is 0.647. The van der Waals surface area contributed by atoms with Crippen LogP contribution in [-0.4, -0.2) is 81.3 Å². The first-order chi connectivity index (χ1) is 11.4. The Morgan fingerprint density at radius 1 is 0.840 bits per heavy atom. The summed E-state index contributed by atoms with van der Waals surface area (Å²) in [6, 6.07) is 0. The number of carbonyl (C=O) groups is 2. The summed E-state index contributed by atoms with van der Waals surface area (Å²) < 4.78 is 0. The molecule has 0 spiro atoms. The quantitative estimate of drug-likeness (QED) is 0.421. The molecule has 0 fully saturated rings. The number of rotatable bonds is 7. The van der Waals surface area contributed by atoms with E-state index in [2.05, 4.69) is 38.8 Å². The molecule has 0 bridgehead atoms. The summed E-state index contributed by atoms with van der Waals surface area (Å²) in [5.41, 5.74) is 0.352. The second-order valence-corrected chi connectivity index (χ2v) is 4.81. The highest BCUT2D eigenvalue weighted by atomic mass is 16.4. The van der Waals surface area contributed by atoms with Gasteiger partial charge in [0, 0.05) is 11.1 Å². The molecule has 0 radical (unpaired) electrons. The molecule has 0 aliphatic heterocycles. The number of carboxylic acid groups (broad SMARTS) is 2. The Labute approximate surface area is 150 Å². The highest BCUT2D eigenvalue weighted by Gasteiger charge is 1.94. The van der Waals surface area contributed by atoms with Crippen molar-refractivity contribution in [3.05, 3.63) is 24.3 Å². The summed E-state index contributed by atoms with van der Waals surface area (Å²) in [5.74, 6) is -1.87. The Balaban J connectivity index is -0.000000118. The van der Waals surface area contributed by atoms with Crippen molar-refractivity contribution >= 4 is 11.9 Å². The number of carboxylic acids is 2. The van der Waals surface area contributed by atoms with Gasteiger partial charge in [-0.15, -0.1) is 0 Å². The van der Waals surface area contributed by atoms with Crippen LogP contribution in [0.3, 0.4) is 0 Å². The van der Waals surface area contributed by atoms with Crippen LogP contribution in [0.4, 0.5) is 0 Å². The van der Waals surface area contributed by atoms with Gasteiger partial charge in [0.25, 0.3) is 0 Å². The second kappa shape index (κ2) is 22.3. The predicted octanol–water partition coefficient (Wildman–Crippen LogP) is 0.974. The Hall–Kier alpha value is -1.74. The number of aliphatic hydroxyl groups excluding tert-OH is 3. The third-order valence-electron chi connectivity index (χ3n) is 2.49. The van der Waals surface area contributed by atoms with Crippen molar-refractivity contribution in [2.24, 2.45) is 0 Å². The average molecular weight is 365 g/mol. The van der Waals surface area contributed by atoms with Crippen LogP contribution < -0.4 is 0 Å². The largest absolute Gasteiger partial charge is 0.478 e. The third-order valence-corrected chi connectivity index (χ3v) is 2.49. The molecule has 0 saturated heterocycles. The molecule has 0 aromatic rings. The van der Waals surface area contributed by atoms with Gasteiger partial charge in [-0.05, 0) is 33.5 Å². The first-order valence-electron chi connectivity index (χ1n) is 7.84. The van der Waals surface area contributed by atoms with Gasteiger partial charge < -0.3 is 30.4 Å². The van der Waals surface area contributed by atoms with E-state index < -0.39 is 18.0 Å². The maximum Gasteiger partial charge on any atom is 0.330 e. The van der Waals surface area contributed by atoms with Gasteiger partial charge in [-0.2, -0.15) is 0 Å². The lowest BCUT2D eigenvalue weighted by Crippen LogP contribution is -2.21. The molecule has 150 valence electrons. The molecule has 0 heterocycles. The van der Waals surface area contributed by atoms with Crippen LogP contribution in [0, 0.1) is 0 Å². The Kier molecular flexibility index (Phi) is 27.7. The summed E-state index contributed by atoms with van der Waals surface area (Å²) in [5, 5.41) is 39.8. The van der Waals surface area contributed by atoms with E-state index in [9.17, 15) is 9.59 Å². The van der Waals surface area contributed by atoms with Gasteiger partial charge in [-0.3, -0.25) is 0 Å². The number of aliphatic carboxylic acids is 2. The van der Waals surface area contributed by atoms with Gasteiger partial charge in [0.1, 0.15) is 6.10 Å². The van der Waals surface area contributed by atoms with Crippen LogP contribution >= 0.6 is 0 Å². The zero-order valence-corrected chi connectivity index (χ0v) is 16.0. The summed E-state index contributed by atoms with van der Waals surface area (Å²) >= 11 is 0. The van der Waals surface area contributed by atoms with Crippen LogP contribution in [0.25, 0.3) is 0 Å². The van der Waals surface area contributed by atoms with E-state index in [0.717, 1.165) is 0 Å². The van der Waals surface area contributed by atoms with Crippen LogP contribution in [0.15, 0.2) is 24.3 Å². The van der Waals surface area contributed by atoms with Crippen molar-refractivity contribution in [2.45, 2.75) is 40.7 Å². The van der Waals surface area contributed by atoms with Crippen LogP contribution in [0.2, 0.25) is 0 Å². The molecule has 0 aromatic carbocycles. The van der Waals surface area contributed by atoms with Crippen molar-refractivity contribution in [2.75, 3.05) is 32.8 Å². The summed E-state index contributed by atoms with van der Waals surface area (Å²) in [6.45, 7) is 18.6. The highest BCUT2D eigenvalue weighted by molar-refractivity contribution is 5.85. The monoisotopic (exact) mass is 365 g/mol. The van der Waals surface area contributed by atoms with E-state index in [0.29, 0.717) is 0 Å². The zero-order valence-electron chi connectivity index (χ0n) is 16.0. The molecule has 25 heavy (non-hydrogen) atoms. The van der Waals surface area contributed by atoms with Crippen molar-refractivity contribution in [1.82, 2.24) is 4.90 Å². The van der Waals surface area contributed by atoms with Gasteiger partial charge in [0.15, 0.2) is 0 Å². The van der Waals surface area contributed by atoms with Crippen molar-refractivity contribution in [1.29, 1.82) is 0 Å². The van der Waals surface area contributed by atoms with Gasteiger partial charge >= 0.3 is 11.9 Å².